The zero-order valence-electron chi connectivity index (χ0n) is 8.04. The lowest BCUT2D eigenvalue weighted by Gasteiger charge is -2.26. The van der Waals surface area contributed by atoms with Crippen LogP contribution < -0.4 is 5.73 Å². The minimum Gasteiger partial charge on any atom is -0.369 e. The Morgan fingerprint density at radius 2 is 2.00 bits per heavy atom. The van der Waals surface area contributed by atoms with E-state index in [2.05, 4.69) is 4.90 Å². The Kier molecular flexibility index (Phi) is 2.54. The average Bonchev–Trinajstić information content (AvgIpc) is 2.86. The highest BCUT2D eigenvalue weighted by molar-refractivity contribution is 5.79. The van der Waals surface area contributed by atoms with Crippen LogP contribution in [0.3, 0.4) is 0 Å². The topological polar surface area (TPSA) is 46.3 Å². The molecule has 2 fully saturated rings. The van der Waals surface area contributed by atoms with E-state index in [0.29, 0.717) is 5.92 Å². The molecule has 1 heterocycles. The molecule has 13 heavy (non-hydrogen) atoms. The Morgan fingerprint density at radius 1 is 1.31 bits per heavy atom. The van der Waals surface area contributed by atoms with E-state index < -0.39 is 0 Å². The van der Waals surface area contributed by atoms with Gasteiger partial charge in [0, 0.05) is 12.5 Å². The summed E-state index contributed by atoms with van der Waals surface area (Å²) in [5.41, 5.74) is 5.24. The molecule has 2 unspecified atom stereocenters. The second kappa shape index (κ2) is 3.66. The van der Waals surface area contributed by atoms with Gasteiger partial charge in [0.2, 0.25) is 5.91 Å². The number of nitrogens with zero attached hydrogens (tertiary/aromatic N) is 1. The lowest BCUT2D eigenvalue weighted by atomic mass is 10.1. The highest BCUT2D eigenvalue weighted by Crippen LogP contribution is 2.38. The Bertz CT molecular complexity index is 199. The fourth-order valence-corrected chi connectivity index (χ4v) is 2.27. The van der Waals surface area contributed by atoms with Gasteiger partial charge in [-0.3, -0.25) is 4.79 Å². The maximum atomic E-state index is 10.8. The van der Waals surface area contributed by atoms with E-state index in [9.17, 15) is 4.79 Å². The van der Waals surface area contributed by atoms with Crippen LogP contribution >= 0.6 is 0 Å². The van der Waals surface area contributed by atoms with Crippen molar-refractivity contribution >= 4 is 5.91 Å². The molecule has 1 amide bonds. The van der Waals surface area contributed by atoms with Crippen LogP contribution in [0.25, 0.3) is 0 Å². The number of hydrogen-bond donors (Lipinski definition) is 1. The number of rotatable bonds is 3. The summed E-state index contributed by atoms with van der Waals surface area (Å²) in [6, 6.07) is 0. The van der Waals surface area contributed by atoms with Crippen molar-refractivity contribution in [2.24, 2.45) is 17.6 Å². The summed E-state index contributed by atoms with van der Waals surface area (Å²) in [5, 5.41) is 0. The largest absolute Gasteiger partial charge is 0.369 e. The van der Waals surface area contributed by atoms with Crippen LogP contribution in [0.5, 0.6) is 0 Å². The SMILES string of the molecule is NC(=O)C1CC1CN1CCCCC1. The lowest BCUT2D eigenvalue weighted by molar-refractivity contribution is -0.119. The summed E-state index contributed by atoms with van der Waals surface area (Å²) < 4.78 is 0. The first-order chi connectivity index (χ1) is 6.27. The van der Waals surface area contributed by atoms with Gasteiger partial charge in [0.05, 0.1) is 0 Å². The van der Waals surface area contributed by atoms with Crippen LogP contribution in [0.4, 0.5) is 0 Å². The first kappa shape index (κ1) is 9.00. The first-order valence-electron chi connectivity index (χ1n) is 5.29. The fraction of sp³-hybridized carbons (Fsp3) is 0.900. The van der Waals surface area contributed by atoms with Gasteiger partial charge in [0.1, 0.15) is 0 Å². The molecule has 2 N–H and O–H groups in total. The van der Waals surface area contributed by atoms with E-state index in [1.165, 1.54) is 32.4 Å². The number of hydrogen-bond acceptors (Lipinski definition) is 2. The third-order valence-corrected chi connectivity index (χ3v) is 3.23. The molecule has 3 nitrogen and oxygen atoms in total. The predicted molar refractivity (Wildman–Crippen MR) is 51.1 cm³/mol. The molecule has 1 aliphatic carbocycles. The van der Waals surface area contributed by atoms with Crippen molar-refractivity contribution in [2.45, 2.75) is 25.7 Å². The Morgan fingerprint density at radius 3 is 2.54 bits per heavy atom. The molecule has 0 aromatic heterocycles. The quantitative estimate of drug-likeness (QED) is 0.694. The fourth-order valence-electron chi connectivity index (χ4n) is 2.27. The van der Waals surface area contributed by atoms with Crippen molar-refractivity contribution in [1.29, 1.82) is 0 Å². The monoisotopic (exact) mass is 182 g/mol. The highest BCUT2D eigenvalue weighted by Gasteiger charge is 2.42. The summed E-state index contributed by atoms with van der Waals surface area (Å²) in [4.78, 5) is 13.3. The third-order valence-electron chi connectivity index (χ3n) is 3.23. The van der Waals surface area contributed by atoms with Crippen LogP contribution in [0, 0.1) is 11.8 Å². The number of carbonyl (C=O) groups excluding carboxylic acids is 1. The van der Waals surface area contributed by atoms with Gasteiger partial charge in [0.25, 0.3) is 0 Å². The maximum absolute atomic E-state index is 10.8. The van der Waals surface area contributed by atoms with Gasteiger partial charge in [-0.05, 0) is 38.3 Å². The van der Waals surface area contributed by atoms with Gasteiger partial charge in [-0.15, -0.1) is 0 Å². The molecule has 1 saturated carbocycles. The van der Waals surface area contributed by atoms with Gasteiger partial charge >= 0.3 is 0 Å². The Labute approximate surface area is 79.3 Å². The summed E-state index contributed by atoms with van der Waals surface area (Å²) in [6.45, 7) is 3.55. The molecule has 2 aliphatic rings. The number of primary amides is 1. The summed E-state index contributed by atoms with van der Waals surface area (Å²) in [6.07, 6.45) is 5.06. The molecular weight excluding hydrogens is 164 g/mol. The second-order valence-corrected chi connectivity index (χ2v) is 4.37. The molecule has 1 aliphatic heterocycles. The van der Waals surface area contributed by atoms with E-state index in [1.807, 2.05) is 0 Å². The summed E-state index contributed by atoms with van der Waals surface area (Å²) in [7, 11) is 0. The smallest absolute Gasteiger partial charge is 0.220 e. The van der Waals surface area contributed by atoms with Gasteiger partial charge in [-0.1, -0.05) is 6.42 Å². The van der Waals surface area contributed by atoms with Crippen LogP contribution in [0.2, 0.25) is 0 Å². The molecule has 0 aromatic carbocycles. The molecule has 0 bridgehead atoms. The molecule has 0 aromatic rings. The van der Waals surface area contributed by atoms with Crippen molar-refractivity contribution in [2.75, 3.05) is 19.6 Å². The molecule has 0 spiro atoms. The van der Waals surface area contributed by atoms with Crippen LogP contribution in [0.1, 0.15) is 25.7 Å². The van der Waals surface area contributed by atoms with Gasteiger partial charge < -0.3 is 10.6 Å². The molecule has 3 heteroatoms. The summed E-state index contributed by atoms with van der Waals surface area (Å²) >= 11 is 0. The third kappa shape index (κ3) is 2.21. The Balaban J connectivity index is 1.70. The average molecular weight is 182 g/mol. The standard InChI is InChI=1S/C10H18N2O/c11-10(13)9-6-8(9)7-12-4-2-1-3-5-12/h8-9H,1-7H2,(H2,11,13). The second-order valence-electron chi connectivity index (χ2n) is 4.37. The molecule has 2 rings (SSSR count). The lowest BCUT2D eigenvalue weighted by Crippen LogP contribution is -2.32. The summed E-state index contributed by atoms with van der Waals surface area (Å²) in [5.74, 6) is 0.680. The van der Waals surface area contributed by atoms with Crippen LogP contribution in [0.15, 0.2) is 0 Å². The molecular formula is C10H18N2O. The van der Waals surface area contributed by atoms with Crippen molar-refractivity contribution in [3.05, 3.63) is 0 Å². The predicted octanol–water partition coefficient (Wildman–Crippen LogP) is 0.594. The minimum absolute atomic E-state index is 0.0954. The van der Waals surface area contributed by atoms with Gasteiger partial charge in [-0.25, -0.2) is 0 Å². The van der Waals surface area contributed by atoms with E-state index in [4.69, 9.17) is 5.73 Å². The van der Waals surface area contributed by atoms with E-state index in [0.717, 1.165) is 13.0 Å². The number of likely N-dealkylation sites (tertiary alicyclic amines) is 1. The number of carbonyl (C=O) groups is 1. The number of amides is 1. The molecule has 2 atom stereocenters. The van der Waals surface area contributed by atoms with Crippen molar-refractivity contribution in [3.8, 4) is 0 Å². The normalized spacial score (nSPS) is 34.5. The van der Waals surface area contributed by atoms with Crippen LogP contribution in [-0.4, -0.2) is 30.4 Å². The number of nitrogens with two attached hydrogens (primary N) is 1. The van der Waals surface area contributed by atoms with Gasteiger partial charge in [0.15, 0.2) is 0 Å². The molecule has 74 valence electrons. The minimum atomic E-state index is -0.0954. The van der Waals surface area contributed by atoms with E-state index >= 15 is 0 Å². The first-order valence-corrected chi connectivity index (χ1v) is 5.29. The molecule has 1 saturated heterocycles. The van der Waals surface area contributed by atoms with Crippen molar-refractivity contribution < 1.29 is 4.79 Å². The highest BCUT2D eigenvalue weighted by atomic mass is 16.1. The molecule has 0 radical (unpaired) electrons. The Hall–Kier alpha value is -0.570. The zero-order valence-corrected chi connectivity index (χ0v) is 8.04. The van der Waals surface area contributed by atoms with Crippen molar-refractivity contribution in [1.82, 2.24) is 4.90 Å². The van der Waals surface area contributed by atoms with E-state index in [1.54, 1.807) is 0 Å². The zero-order chi connectivity index (χ0) is 9.26. The van der Waals surface area contributed by atoms with Crippen molar-refractivity contribution in [3.63, 3.8) is 0 Å². The van der Waals surface area contributed by atoms with Crippen LogP contribution in [-0.2, 0) is 4.79 Å². The maximum Gasteiger partial charge on any atom is 0.220 e. The van der Waals surface area contributed by atoms with E-state index in [-0.39, 0.29) is 11.8 Å². The van der Waals surface area contributed by atoms with Gasteiger partial charge in [-0.2, -0.15) is 0 Å². The number of piperidine rings is 1.